The number of aromatic nitrogens is 2. The molecule has 0 atom stereocenters. The zero-order chi connectivity index (χ0) is 22.3. The molecule has 4 rings (SSSR count). The van der Waals surface area contributed by atoms with Gasteiger partial charge >= 0.3 is 0 Å². The topological polar surface area (TPSA) is 96.0 Å². The Hall–Kier alpha value is -4.52. The van der Waals surface area contributed by atoms with Crippen LogP contribution >= 0.6 is 0 Å². The molecule has 0 radical (unpaired) electrons. The Kier molecular flexibility index (Phi) is 6.17. The van der Waals surface area contributed by atoms with E-state index in [0.717, 1.165) is 22.6 Å². The summed E-state index contributed by atoms with van der Waals surface area (Å²) in [4.78, 5) is 32.4. The molecule has 7 heteroatoms. The van der Waals surface area contributed by atoms with Crippen molar-refractivity contribution in [2.24, 2.45) is 0 Å². The summed E-state index contributed by atoms with van der Waals surface area (Å²) in [6.45, 7) is 1.47. The lowest BCUT2D eigenvalue weighted by molar-refractivity contribution is -0.114. The molecule has 0 spiro atoms. The molecule has 0 aliphatic heterocycles. The average Bonchev–Trinajstić information content (AvgIpc) is 2.80. The van der Waals surface area contributed by atoms with Crippen LogP contribution in [-0.2, 0) is 4.79 Å². The Morgan fingerprint density at radius 1 is 0.750 bits per heavy atom. The Bertz CT molecular complexity index is 1240. The first-order valence-corrected chi connectivity index (χ1v) is 10.0. The van der Waals surface area contributed by atoms with Gasteiger partial charge in [0.05, 0.1) is 5.69 Å². The van der Waals surface area contributed by atoms with E-state index in [0.29, 0.717) is 17.2 Å². The van der Waals surface area contributed by atoms with E-state index in [1.165, 1.54) is 6.92 Å². The Morgan fingerprint density at radius 2 is 1.50 bits per heavy atom. The van der Waals surface area contributed by atoms with Crippen LogP contribution in [0.3, 0.4) is 0 Å². The van der Waals surface area contributed by atoms with E-state index < -0.39 is 0 Å². The molecule has 0 aliphatic carbocycles. The highest BCUT2D eigenvalue weighted by Gasteiger charge is 2.07. The lowest BCUT2D eigenvalue weighted by atomic mass is 10.1. The van der Waals surface area contributed by atoms with E-state index >= 15 is 0 Å². The summed E-state index contributed by atoms with van der Waals surface area (Å²) < 4.78 is 0. The SMILES string of the molecule is CC(=O)Nc1ccc(-c2ccnc(Nc3cccc(NC(=O)c4ccccc4)c3)n2)cc1. The zero-order valence-corrected chi connectivity index (χ0v) is 17.4. The zero-order valence-electron chi connectivity index (χ0n) is 17.4. The van der Waals surface area contributed by atoms with Gasteiger partial charge in [-0.3, -0.25) is 9.59 Å². The highest BCUT2D eigenvalue weighted by Crippen LogP contribution is 2.23. The minimum atomic E-state index is -0.177. The summed E-state index contributed by atoms with van der Waals surface area (Å²) >= 11 is 0. The van der Waals surface area contributed by atoms with Gasteiger partial charge < -0.3 is 16.0 Å². The van der Waals surface area contributed by atoms with Crippen molar-refractivity contribution in [3.8, 4) is 11.3 Å². The van der Waals surface area contributed by atoms with Gasteiger partial charge in [0.15, 0.2) is 0 Å². The molecule has 0 fully saturated rings. The van der Waals surface area contributed by atoms with Crippen molar-refractivity contribution in [3.05, 3.63) is 96.7 Å². The van der Waals surface area contributed by atoms with E-state index in [-0.39, 0.29) is 11.8 Å². The summed E-state index contributed by atoms with van der Waals surface area (Å²) in [5.74, 6) is 0.136. The van der Waals surface area contributed by atoms with Crippen LogP contribution in [0, 0.1) is 0 Å². The van der Waals surface area contributed by atoms with Gasteiger partial charge in [0.2, 0.25) is 11.9 Å². The van der Waals surface area contributed by atoms with Gasteiger partial charge in [0.1, 0.15) is 0 Å². The van der Waals surface area contributed by atoms with Crippen LogP contribution in [0.1, 0.15) is 17.3 Å². The second-order valence-electron chi connectivity index (χ2n) is 7.05. The summed E-state index contributed by atoms with van der Waals surface area (Å²) in [7, 11) is 0. The maximum Gasteiger partial charge on any atom is 0.255 e. The van der Waals surface area contributed by atoms with Crippen LogP contribution < -0.4 is 16.0 Å². The molecule has 3 N–H and O–H groups in total. The fourth-order valence-corrected chi connectivity index (χ4v) is 3.10. The molecule has 0 aliphatic rings. The first-order valence-electron chi connectivity index (χ1n) is 10.0. The number of carbonyl (C=O) groups is 2. The quantitative estimate of drug-likeness (QED) is 0.401. The van der Waals surface area contributed by atoms with Gasteiger partial charge in [-0.25, -0.2) is 9.97 Å². The molecule has 32 heavy (non-hydrogen) atoms. The van der Waals surface area contributed by atoms with E-state index in [1.807, 2.05) is 72.8 Å². The molecule has 7 nitrogen and oxygen atoms in total. The summed E-state index contributed by atoms with van der Waals surface area (Å²) in [5, 5.41) is 8.81. The fraction of sp³-hybridized carbons (Fsp3) is 0.0400. The van der Waals surface area contributed by atoms with E-state index in [1.54, 1.807) is 18.3 Å². The summed E-state index contributed by atoms with van der Waals surface area (Å²) in [6, 6.07) is 25.6. The first-order chi connectivity index (χ1) is 15.6. The van der Waals surface area contributed by atoms with Crippen LogP contribution in [0.4, 0.5) is 23.0 Å². The van der Waals surface area contributed by atoms with Crippen LogP contribution in [0.15, 0.2) is 91.1 Å². The number of carbonyl (C=O) groups excluding carboxylic acids is 2. The fourth-order valence-electron chi connectivity index (χ4n) is 3.10. The van der Waals surface area contributed by atoms with Crippen molar-refractivity contribution in [1.82, 2.24) is 9.97 Å². The molecule has 3 aromatic carbocycles. The molecule has 4 aromatic rings. The van der Waals surface area contributed by atoms with Gasteiger partial charge in [0, 0.05) is 41.3 Å². The summed E-state index contributed by atoms with van der Waals surface area (Å²) in [6.07, 6.45) is 1.67. The van der Waals surface area contributed by atoms with E-state index in [2.05, 4.69) is 25.9 Å². The predicted molar refractivity (Wildman–Crippen MR) is 126 cm³/mol. The third kappa shape index (κ3) is 5.34. The number of nitrogens with one attached hydrogen (secondary N) is 3. The first kappa shape index (κ1) is 20.7. The minimum absolute atomic E-state index is 0.117. The molecule has 0 bridgehead atoms. The number of amides is 2. The number of rotatable bonds is 6. The van der Waals surface area contributed by atoms with Crippen molar-refractivity contribution in [2.45, 2.75) is 6.92 Å². The molecule has 0 saturated heterocycles. The van der Waals surface area contributed by atoms with Gasteiger partial charge in [0.25, 0.3) is 5.91 Å². The Labute approximate surface area is 185 Å². The standard InChI is InChI=1S/C25H21N5O2/c1-17(31)27-20-12-10-18(11-13-20)23-14-15-26-25(30-23)29-22-9-5-8-21(16-22)28-24(32)19-6-3-2-4-7-19/h2-16H,1H3,(H,27,31)(H,28,32)(H,26,29,30). The van der Waals surface area contributed by atoms with Gasteiger partial charge in [-0.2, -0.15) is 0 Å². The van der Waals surface area contributed by atoms with Crippen LogP contribution in [0.5, 0.6) is 0 Å². The third-order valence-electron chi connectivity index (χ3n) is 4.57. The van der Waals surface area contributed by atoms with Crippen LogP contribution in [-0.4, -0.2) is 21.8 Å². The van der Waals surface area contributed by atoms with Gasteiger partial charge in [-0.1, -0.05) is 36.4 Å². The highest BCUT2D eigenvalue weighted by atomic mass is 16.2. The second kappa shape index (κ2) is 9.53. The van der Waals surface area contributed by atoms with Crippen LogP contribution in [0.2, 0.25) is 0 Å². The number of benzene rings is 3. The lowest BCUT2D eigenvalue weighted by Gasteiger charge is -2.10. The molecular weight excluding hydrogens is 402 g/mol. The molecule has 1 aromatic heterocycles. The molecule has 158 valence electrons. The molecule has 0 saturated carbocycles. The lowest BCUT2D eigenvalue weighted by Crippen LogP contribution is -2.11. The predicted octanol–water partition coefficient (Wildman–Crippen LogP) is 5.10. The van der Waals surface area contributed by atoms with E-state index in [9.17, 15) is 9.59 Å². The molecule has 0 unspecified atom stereocenters. The Balaban J connectivity index is 1.47. The molecular formula is C25H21N5O2. The maximum absolute atomic E-state index is 12.4. The summed E-state index contributed by atoms with van der Waals surface area (Å²) in [5.41, 5.74) is 4.36. The van der Waals surface area contributed by atoms with Crippen molar-refractivity contribution in [3.63, 3.8) is 0 Å². The largest absolute Gasteiger partial charge is 0.326 e. The normalized spacial score (nSPS) is 10.3. The second-order valence-corrected chi connectivity index (χ2v) is 7.05. The number of anilines is 4. The van der Waals surface area contributed by atoms with E-state index in [4.69, 9.17) is 0 Å². The number of nitrogens with zero attached hydrogens (tertiary/aromatic N) is 2. The maximum atomic E-state index is 12.4. The van der Waals surface area contributed by atoms with Crippen molar-refractivity contribution in [1.29, 1.82) is 0 Å². The van der Waals surface area contributed by atoms with Crippen LogP contribution in [0.25, 0.3) is 11.3 Å². The number of hydrogen-bond donors (Lipinski definition) is 3. The number of hydrogen-bond acceptors (Lipinski definition) is 5. The average molecular weight is 423 g/mol. The Morgan fingerprint density at radius 3 is 2.25 bits per heavy atom. The smallest absolute Gasteiger partial charge is 0.255 e. The third-order valence-corrected chi connectivity index (χ3v) is 4.57. The van der Waals surface area contributed by atoms with Crippen molar-refractivity contribution >= 4 is 34.8 Å². The molecule has 1 heterocycles. The van der Waals surface area contributed by atoms with Gasteiger partial charge in [-0.05, 0) is 48.5 Å². The minimum Gasteiger partial charge on any atom is -0.326 e. The van der Waals surface area contributed by atoms with Crippen molar-refractivity contribution < 1.29 is 9.59 Å². The van der Waals surface area contributed by atoms with Crippen molar-refractivity contribution in [2.75, 3.05) is 16.0 Å². The van der Waals surface area contributed by atoms with Gasteiger partial charge in [-0.15, -0.1) is 0 Å². The highest BCUT2D eigenvalue weighted by molar-refractivity contribution is 6.04. The monoisotopic (exact) mass is 423 g/mol. The molecule has 2 amide bonds.